The molecule has 0 bridgehead atoms. The lowest BCUT2D eigenvalue weighted by atomic mass is 10.1. The summed E-state index contributed by atoms with van der Waals surface area (Å²) in [6.45, 7) is 6.26. The van der Waals surface area contributed by atoms with Crippen molar-refractivity contribution in [2.75, 3.05) is 20.2 Å². The summed E-state index contributed by atoms with van der Waals surface area (Å²) in [4.78, 5) is 4.52. The quantitative estimate of drug-likeness (QED) is 0.609. The highest BCUT2D eigenvalue weighted by atomic mass is 16.5. The van der Waals surface area contributed by atoms with Gasteiger partial charge in [0.1, 0.15) is 18.1 Å². The van der Waals surface area contributed by atoms with Gasteiger partial charge >= 0.3 is 0 Å². The number of guanidine groups is 1. The molecule has 0 unspecified atom stereocenters. The van der Waals surface area contributed by atoms with Gasteiger partial charge in [0.15, 0.2) is 5.96 Å². The van der Waals surface area contributed by atoms with Crippen LogP contribution in [0.15, 0.2) is 46.0 Å². The number of ether oxygens (including phenoxy) is 1. The smallest absolute Gasteiger partial charge is 0.191 e. The number of hydrogen-bond donors (Lipinski definition) is 2. The Balaban J connectivity index is 1.91. The standard InChI is InChI=1S/C18H25N3O2/c1-4-19-18(21-13-16-6-5-11-23-16)20-10-9-15-12-14(2)7-8-17(15)22-3/h5-8,11-12H,4,9-10,13H2,1-3H3,(H2,19,20,21). The lowest BCUT2D eigenvalue weighted by Crippen LogP contribution is -2.38. The molecular formula is C18H25N3O2. The van der Waals surface area contributed by atoms with Gasteiger partial charge in [-0.05, 0) is 44.0 Å². The van der Waals surface area contributed by atoms with Crippen LogP contribution in [0.2, 0.25) is 0 Å². The Morgan fingerprint density at radius 3 is 2.83 bits per heavy atom. The van der Waals surface area contributed by atoms with Crippen LogP contribution in [0, 0.1) is 6.92 Å². The lowest BCUT2D eigenvalue weighted by Gasteiger charge is -2.13. The van der Waals surface area contributed by atoms with E-state index in [4.69, 9.17) is 9.15 Å². The number of nitrogens with zero attached hydrogens (tertiary/aromatic N) is 1. The fourth-order valence-electron chi connectivity index (χ4n) is 2.32. The summed E-state index contributed by atoms with van der Waals surface area (Å²) in [7, 11) is 1.70. The molecule has 0 aliphatic heterocycles. The number of hydrogen-bond acceptors (Lipinski definition) is 3. The first kappa shape index (κ1) is 16.9. The molecule has 2 aromatic rings. The third kappa shape index (κ3) is 5.36. The minimum Gasteiger partial charge on any atom is -0.496 e. The second-order valence-corrected chi connectivity index (χ2v) is 5.27. The van der Waals surface area contributed by atoms with Crippen LogP contribution >= 0.6 is 0 Å². The molecule has 1 aromatic heterocycles. The second kappa shape index (κ2) is 8.88. The largest absolute Gasteiger partial charge is 0.496 e. The molecule has 1 aromatic carbocycles. The third-order valence-corrected chi connectivity index (χ3v) is 3.44. The average Bonchev–Trinajstić information content (AvgIpc) is 3.06. The summed E-state index contributed by atoms with van der Waals surface area (Å²) < 4.78 is 10.7. The summed E-state index contributed by atoms with van der Waals surface area (Å²) in [6.07, 6.45) is 2.53. The molecule has 0 radical (unpaired) electrons. The van der Waals surface area contributed by atoms with E-state index in [1.54, 1.807) is 13.4 Å². The maximum atomic E-state index is 5.42. The molecule has 23 heavy (non-hydrogen) atoms. The van der Waals surface area contributed by atoms with Gasteiger partial charge in [-0.3, -0.25) is 0 Å². The maximum Gasteiger partial charge on any atom is 0.191 e. The molecule has 0 spiro atoms. The van der Waals surface area contributed by atoms with Gasteiger partial charge in [-0.15, -0.1) is 0 Å². The Hall–Kier alpha value is -2.43. The Kier molecular flexibility index (Phi) is 6.54. The van der Waals surface area contributed by atoms with E-state index in [1.807, 2.05) is 25.1 Å². The Morgan fingerprint density at radius 2 is 2.13 bits per heavy atom. The molecule has 5 nitrogen and oxygen atoms in total. The number of rotatable bonds is 7. The second-order valence-electron chi connectivity index (χ2n) is 5.27. The molecule has 124 valence electrons. The van der Waals surface area contributed by atoms with Crippen molar-refractivity contribution in [3.05, 3.63) is 53.5 Å². The van der Waals surface area contributed by atoms with E-state index in [1.165, 1.54) is 11.1 Å². The van der Waals surface area contributed by atoms with Crippen LogP contribution in [0.5, 0.6) is 5.75 Å². The van der Waals surface area contributed by atoms with E-state index >= 15 is 0 Å². The molecule has 0 amide bonds. The van der Waals surface area contributed by atoms with E-state index in [2.05, 4.69) is 34.7 Å². The molecular weight excluding hydrogens is 290 g/mol. The first-order valence-corrected chi connectivity index (χ1v) is 7.91. The van der Waals surface area contributed by atoms with Crippen LogP contribution in [-0.4, -0.2) is 26.2 Å². The molecule has 0 aliphatic carbocycles. The van der Waals surface area contributed by atoms with Crippen molar-refractivity contribution in [2.45, 2.75) is 26.8 Å². The van der Waals surface area contributed by atoms with Gasteiger partial charge < -0.3 is 19.8 Å². The van der Waals surface area contributed by atoms with E-state index in [9.17, 15) is 0 Å². The zero-order valence-electron chi connectivity index (χ0n) is 14.1. The normalized spacial score (nSPS) is 11.3. The molecule has 0 saturated carbocycles. The molecule has 1 heterocycles. The fraction of sp³-hybridized carbons (Fsp3) is 0.389. The zero-order valence-corrected chi connectivity index (χ0v) is 14.1. The highest BCUT2D eigenvalue weighted by Crippen LogP contribution is 2.19. The van der Waals surface area contributed by atoms with Crippen molar-refractivity contribution in [3.63, 3.8) is 0 Å². The van der Waals surface area contributed by atoms with Crippen LogP contribution in [0.1, 0.15) is 23.8 Å². The van der Waals surface area contributed by atoms with Gasteiger partial charge in [0.25, 0.3) is 0 Å². The maximum absolute atomic E-state index is 5.42. The summed E-state index contributed by atoms with van der Waals surface area (Å²) in [6, 6.07) is 10.0. The molecule has 0 fully saturated rings. The summed E-state index contributed by atoms with van der Waals surface area (Å²) >= 11 is 0. The van der Waals surface area contributed by atoms with Crippen LogP contribution < -0.4 is 15.4 Å². The van der Waals surface area contributed by atoms with Crippen molar-refractivity contribution in [1.29, 1.82) is 0 Å². The molecule has 2 rings (SSSR count). The van der Waals surface area contributed by atoms with E-state index in [0.717, 1.165) is 37.0 Å². The molecule has 2 N–H and O–H groups in total. The first-order chi connectivity index (χ1) is 11.2. The number of methoxy groups -OCH3 is 1. The number of nitrogens with one attached hydrogen (secondary N) is 2. The number of furan rings is 1. The van der Waals surface area contributed by atoms with E-state index in [0.29, 0.717) is 6.54 Å². The minimum absolute atomic E-state index is 0.524. The monoisotopic (exact) mass is 315 g/mol. The lowest BCUT2D eigenvalue weighted by molar-refractivity contribution is 0.409. The zero-order chi connectivity index (χ0) is 16.5. The van der Waals surface area contributed by atoms with E-state index in [-0.39, 0.29) is 0 Å². The summed E-state index contributed by atoms with van der Waals surface area (Å²) in [5, 5.41) is 6.58. The summed E-state index contributed by atoms with van der Waals surface area (Å²) in [5.41, 5.74) is 2.43. The minimum atomic E-state index is 0.524. The Morgan fingerprint density at radius 1 is 1.26 bits per heavy atom. The topological polar surface area (TPSA) is 58.8 Å². The van der Waals surface area contributed by atoms with E-state index < -0.39 is 0 Å². The van der Waals surface area contributed by atoms with Crippen molar-refractivity contribution in [1.82, 2.24) is 10.6 Å². The SMILES string of the molecule is CCNC(=NCc1ccco1)NCCc1cc(C)ccc1OC. The van der Waals surface area contributed by atoms with Crippen LogP contribution in [0.25, 0.3) is 0 Å². The number of aryl methyl sites for hydroxylation is 1. The Bertz CT molecular complexity index is 621. The highest BCUT2D eigenvalue weighted by Gasteiger charge is 2.04. The number of aliphatic imine (C=N–C) groups is 1. The summed E-state index contributed by atoms with van der Waals surface area (Å²) in [5.74, 6) is 2.56. The molecule has 0 aliphatic rings. The number of benzene rings is 1. The molecule has 0 atom stereocenters. The van der Waals surface area contributed by atoms with Crippen molar-refractivity contribution in [2.24, 2.45) is 4.99 Å². The Labute approximate surface area is 137 Å². The van der Waals surface area contributed by atoms with Crippen molar-refractivity contribution in [3.8, 4) is 5.75 Å². The van der Waals surface area contributed by atoms with Crippen molar-refractivity contribution >= 4 is 5.96 Å². The van der Waals surface area contributed by atoms with Gasteiger partial charge in [0, 0.05) is 13.1 Å². The fourth-order valence-corrected chi connectivity index (χ4v) is 2.32. The third-order valence-electron chi connectivity index (χ3n) is 3.44. The predicted octanol–water partition coefficient (Wildman–Crippen LogP) is 2.89. The van der Waals surface area contributed by atoms with Gasteiger partial charge in [0.05, 0.1) is 13.4 Å². The van der Waals surface area contributed by atoms with Gasteiger partial charge in [0.2, 0.25) is 0 Å². The van der Waals surface area contributed by atoms with Crippen LogP contribution in [0.3, 0.4) is 0 Å². The molecule has 0 saturated heterocycles. The first-order valence-electron chi connectivity index (χ1n) is 7.91. The molecule has 5 heteroatoms. The average molecular weight is 315 g/mol. The highest BCUT2D eigenvalue weighted by molar-refractivity contribution is 5.79. The van der Waals surface area contributed by atoms with Crippen LogP contribution in [0.4, 0.5) is 0 Å². The van der Waals surface area contributed by atoms with Gasteiger partial charge in [-0.1, -0.05) is 17.7 Å². The van der Waals surface area contributed by atoms with Gasteiger partial charge in [-0.25, -0.2) is 4.99 Å². The van der Waals surface area contributed by atoms with Crippen LogP contribution in [-0.2, 0) is 13.0 Å². The van der Waals surface area contributed by atoms with Gasteiger partial charge in [-0.2, -0.15) is 0 Å². The predicted molar refractivity (Wildman–Crippen MR) is 93.0 cm³/mol. The van der Waals surface area contributed by atoms with Crippen molar-refractivity contribution < 1.29 is 9.15 Å².